The first kappa shape index (κ1) is 15.0. The van der Waals surface area contributed by atoms with Crippen molar-refractivity contribution in [2.24, 2.45) is 0 Å². The third-order valence-corrected chi connectivity index (χ3v) is 3.22. The molecule has 0 bridgehead atoms. The minimum atomic E-state index is 0.564. The van der Waals surface area contributed by atoms with Crippen LogP contribution in [0.4, 0.5) is 0 Å². The molecule has 2 rings (SSSR count). The van der Waals surface area contributed by atoms with Crippen molar-refractivity contribution < 1.29 is 4.74 Å². The minimum Gasteiger partial charge on any atom is -0.496 e. The molecule has 21 heavy (non-hydrogen) atoms. The Bertz CT molecular complexity index is 647. The van der Waals surface area contributed by atoms with Gasteiger partial charge in [0.15, 0.2) is 0 Å². The molecule has 1 N–H and O–H groups in total. The largest absolute Gasteiger partial charge is 0.496 e. The second kappa shape index (κ2) is 7.41. The fourth-order valence-corrected chi connectivity index (χ4v) is 2.16. The van der Waals surface area contributed by atoms with Gasteiger partial charge in [-0.15, -0.1) is 0 Å². The molecule has 0 aliphatic rings. The van der Waals surface area contributed by atoms with Gasteiger partial charge in [-0.05, 0) is 36.7 Å². The number of nitrogens with zero attached hydrogens (tertiary/aromatic N) is 2. The number of nitriles is 1. The first-order chi connectivity index (χ1) is 10.3. The van der Waals surface area contributed by atoms with E-state index < -0.39 is 0 Å². The molecule has 0 fully saturated rings. The molecule has 1 aromatic carbocycles. The van der Waals surface area contributed by atoms with Crippen molar-refractivity contribution in [1.29, 1.82) is 5.26 Å². The molecule has 0 spiro atoms. The zero-order valence-corrected chi connectivity index (χ0v) is 12.4. The van der Waals surface area contributed by atoms with Crippen LogP contribution in [0.2, 0.25) is 0 Å². The van der Waals surface area contributed by atoms with Gasteiger partial charge in [0.25, 0.3) is 0 Å². The predicted molar refractivity (Wildman–Crippen MR) is 82.9 cm³/mol. The number of methoxy groups -OCH3 is 1. The molecule has 0 amide bonds. The lowest BCUT2D eigenvalue weighted by Crippen LogP contribution is -2.14. The van der Waals surface area contributed by atoms with E-state index in [9.17, 15) is 0 Å². The fourth-order valence-electron chi connectivity index (χ4n) is 2.16. The molecule has 4 heteroatoms. The summed E-state index contributed by atoms with van der Waals surface area (Å²) in [5, 5.41) is 12.3. The zero-order chi connectivity index (χ0) is 15.1. The molecule has 4 nitrogen and oxygen atoms in total. The SMILES string of the molecule is CCCNCc1cc(-c2cncc(C#N)c2)ccc1OC. The van der Waals surface area contributed by atoms with Crippen molar-refractivity contribution in [2.45, 2.75) is 19.9 Å². The van der Waals surface area contributed by atoms with Crippen LogP contribution in [0.5, 0.6) is 5.75 Å². The summed E-state index contributed by atoms with van der Waals surface area (Å²) < 4.78 is 5.40. The van der Waals surface area contributed by atoms with Gasteiger partial charge in [0.2, 0.25) is 0 Å². The molecular formula is C17H19N3O. The van der Waals surface area contributed by atoms with Crippen LogP contribution in [-0.4, -0.2) is 18.6 Å². The fraction of sp³-hybridized carbons (Fsp3) is 0.294. The summed E-state index contributed by atoms with van der Waals surface area (Å²) in [5.41, 5.74) is 3.64. The van der Waals surface area contributed by atoms with Gasteiger partial charge in [-0.25, -0.2) is 0 Å². The molecule has 0 aliphatic heterocycles. The third kappa shape index (κ3) is 3.80. The Morgan fingerprint density at radius 3 is 2.81 bits per heavy atom. The highest BCUT2D eigenvalue weighted by Crippen LogP contribution is 2.26. The van der Waals surface area contributed by atoms with Gasteiger partial charge in [-0.1, -0.05) is 13.0 Å². The first-order valence-corrected chi connectivity index (χ1v) is 7.01. The van der Waals surface area contributed by atoms with E-state index in [2.05, 4.69) is 29.4 Å². The standard InChI is InChI=1S/C17H19N3O/c1-3-6-19-12-16-8-14(4-5-17(16)21-2)15-7-13(9-18)10-20-11-15/h4-5,7-8,10-11,19H,3,6,12H2,1-2H3. The van der Waals surface area contributed by atoms with Crippen molar-refractivity contribution in [3.8, 4) is 22.9 Å². The van der Waals surface area contributed by atoms with E-state index in [0.717, 1.165) is 42.0 Å². The maximum Gasteiger partial charge on any atom is 0.123 e. The highest BCUT2D eigenvalue weighted by molar-refractivity contribution is 5.66. The number of hydrogen-bond acceptors (Lipinski definition) is 4. The molecule has 0 radical (unpaired) electrons. The highest BCUT2D eigenvalue weighted by atomic mass is 16.5. The zero-order valence-electron chi connectivity index (χ0n) is 12.4. The van der Waals surface area contributed by atoms with Crippen molar-refractivity contribution in [3.63, 3.8) is 0 Å². The summed E-state index contributed by atoms with van der Waals surface area (Å²) in [4.78, 5) is 4.11. The second-order valence-corrected chi connectivity index (χ2v) is 4.78. The van der Waals surface area contributed by atoms with Crippen LogP contribution < -0.4 is 10.1 Å². The van der Waals surface area contributed by atoms with E-state index in [4.69, 9.17) is 10.00 Å². The van der Waals surface area contributed by atoms with Crippen LogP contribution >= 0.6 is 0 Å². The Kier molecular flexibility index (Phi) is 5.30. The van der Waals surface area contributed by atoms with E-state index >= 15 is 0 Å². The number of aromatic nitrogens is 1. The summed E-state index contributed by atoms with van der Waals surface area (Å²) in [5.74, 6) is 0.867. The predicted octanol–water partition coefficient (Wildman–Crippen LogP) is 3.13. The quantitative estimate of drug-likeness (QED) is 0.826. The van der Waals surface area contributed by atoms with Crippen molar-refractivity contribution >= 4 is 0 Å². The highest BCUT2D eigenvalue weighted by Gasteiger charge is 2.07. The number of hydrogen-bond donors (Lipinski definition) is 1. The van der Waals surface area contributed by atoms with Crippen LogP contribution in [0.25, 0.3) is 11.1 Å². The summed E-state index contributed by atoms with van der Waals surface area (Å²) in [7, 11) is 1.68. The lowest BCUT2D eigenvalue weighted by Gasteiger charge is -2.11. The summed E-state index contributed by atoms with van der Waals surface area (Å²) in [6.07, 6.45) is 4.43. The third-order valence-electron chi connectivity index (χ3n) is 3.22. The average molecular weight is 281 g/mol. The van der Waals surface area contributed by atoms with Gasteiger partial charge < -0.3 is 10.1 Å². The number of pyridine rings is 1. The topological polar surface area (TPSA) is 57.9 Å². The van der Waals surface area contributed by atoms with Crippen molar-refractivity contribution in [3.05, 3.63) is 47.8 Å². The molecule has 0 unspecified atom stereocenters. The first-order valence-electron chi connectivity index (χ1n) is 7.01. The average Bonchev–Trinajstić information content (AvgIpc) is 2.55. The normalized spacial score (nSPS) is 10.1. The monoisotopic (exact) mass is 281 g/mol. The maximum absolute atomic E-state index is 8.97. The Morgan fingerprint density at radius 1 is 1.24 bits per heavy atom. The van der Waals surface area contributed by atoms with Crippen LogP contribution in [0, 0.1) is 11.3 Å². The molecule has 1 aromatic heterocycles. The lowest BCUT2D eigenvalue weighted by molar-refractivity contribution is 0.408. The Labute approximate surface area is 125 Å². The number of ether oxygens (including phenoxy) is 1. The molecule has 108 valence electrons. The maximum atomic E-state index is 8.97. The molecule has 0 atom stereocenters. The number of benzene rings is 1. The summed E-state index contributed by atoms with van der Waals surface area (Å²) in [6, 6.07) is 9.99. The van der Waals surface area contributed by atoms with Gasteiger partial charge >= 0.3 is 0 Å². The molecule has 0 saturated heterocycles. The van der Waals surface area contributed by atoms with Crippen molar-refractivity contribution in [2.75, 3.05) is 13.7 Å². The van der Waals surface area contributed by atoms with Crippen LogP contribution in [-0.2, 0) is 6.54 Å². The molecule has 1 heterocycles. The number of nitrogens with one attached hydrogen (secondary N) is 1. The van der Waals surface area contributed by atoms with Gasteiger partial charge in [0.1, 0.15) is 11.8 Å². The van der Waals surface area contributed by atoms with Crippen molar-refractivity contribution in [1.82, 2.24) is 10.3 Å². The lowest BCUT2D eigenvalue weighted by atomic mass is 10.0. The van der Waals surface area contributed by atoms with Crippen LogP contribution in [0.15, 0.2) is 36.7 Å². The minimum absolute atomic E-state index is 0.564. The molecule has 2 aromatic rings. The Hall–Kier alpha value is -2.38. The van der Waals surface area contributed by atoms with E-state index in [-0.39, 0.29) is 0 Å². The smallest absolute Gasteiger partial charge is 0.123 e. The van der Waals surface area contributed by atoms with Gasteiger partial charge in [0.05, 0.1) is 12.7 Å². The summed E-state index contributed by atoms with van der Waals surface area (Å²) >= 11 is 0. The Morgan fingerprint density at radius 2 is 2.10 bits per heavy atom. The van der Waals surface area contributed by atoms with E-state index in [0.29, 0.717) is 5.56 Å². The van der Waals surface area contributed by atoms with E-state index in [1.165, 1.54) is 0 Å². The molecule has 0 saturated carbocycles. The second-order valence-electron chi connectivity index (χ2n) is 4.78. The molecule has 0 aliphatic carbocycles. The molecular weight excluding hydrogens is 262 g/mol. The van der Waals surface area contributed by atoms with E-state index in [1.807, 2.05) is 18.2 Å². The van der Waals surface area contributed by atoms with E-state index in [1.54, 1.807) is 19.5 Å². The van der Waals surface area contributed by atoms with Gasteiger partial charge in [-0.2, -0.15) is 5.26 Å². The van der Waals surface area contributed by atoms with Gasteiger partial charge in [-0.3, -0.25) is 4.98 Å². The van der Waals surface area contributed by atoms with Crippen LogP contribution in [0.1, 0.15) is 24.5 Å². The van der Waals surface area contributed by atoms with Gasteiger partial charge in [0, 0.05) is 30.1 Å². The number of rotatable bonds is 6. The summed E-state index contributed by atoms with van der Waals surface area (Å²) in [6.45, 7) is 3.87. The van der Waals surface area contributed by atoms with Crippen LogP contribution in [0.3, 0.4) is 0 Å². The Balaban J connectivity index is 2.32.